The second-order valence-corrected chi connectivity index (χ2v) is 5.37. The highest BCUT2D eigenvalue weighted by Gasteiger charge is 2.04. The topological polar surface area (TPSA) is 37.8 Å². The van der Waals surface area contributed by atoms with E-state index in [1.54, 1.807) is 18.1 Å². The number of aromatic nitrogens is 2. The number of nitrogens with zero attached hydrogens (tertiary/aromatic N) is 2. The van der Waals surface area contributed by atoms with Gasteiger partial charge in [0, 0.05) is 5.75 Å². The lowest BCUT2D eigenvalue weighted by Crippen LogP contribution is -2.23. The van der Waals surface area contributed by atoms with Crippen LogP contribution in [0, 0.1) is 5.92 Å². The van der Waals surface area contributed by atoms with Crippen LogP contribution in [0.4, 0.5) is 0 Å². The van der Waals surface area contributed by atoms with Gasteiger partial charge in [-0.25, -0.2) is 4.98 Å². The molecule has 3 nitrogen and oxygen atoms in total. The van der Waals surface area contributed by atoms with Crippen LogP contribution in [0.25, 0.3) is 0 Å². The highest BCUT2D eigenvalue weighted by Crippen LogP contribution is 2.20. The van der Waals surface area contributed by atoms with Gasteiger partial charge in [-0.3, -0.25) is 0 Å². The minimum Gasteiger partial charge on any atom is -0.316 e. The molecule has 14 heavy (non-hydrogen) atoms. The number of rotatable bonds is 7. The predicted molar refractivity (Wildman–Crippen MR) is 63.0 cm³/mol. The van der Waals surface area contributed by atoms with Crippen LogP contribution >= 0.6 is 23.3 Å². The van der Waals surface area contributed by atoms with Crippen LogP contribution in [0.1, 0.15) is 20.3 Å². The first-order valence-electron chi connectivity index (χ1n) is 4.93. The molecule has 80 valence electrons. The summed E-state index contributed by atoms with van der Waals surface area (Å²) in [5, 5.41) is 3.42. The summed E-state index contributed by atoms with van der Waals surface area (Å²) in [6, 6.07) is 0. The van der Waals surface area contributed by atoms with E-state index >= 15 is 0 Å². The zero-order valence-corrected chi connectivity index (χ0v) is 10.3. The Morgan fingerprint density at radius 2 is 2.50 bits per heavy atom. The number of hydrogen-bond acceptors (Lipinski definition) is 5. The van der Waals surface area contributed by atoms with Gasteiger partial charge in [0.15, 0.2) is 4.34 Å². The minimum absolute atomic E-state index is 0.690. The average molecular weight is 231 g/mol. The van der Waals surface area contributed by atoms with E-state index in [0.29, 0.717) is 5.92 Å². The maximum Gasteiger partial charge on any atom is 0.169 e. The third kappa shape index (κ3) is 4.93. The van der Waals surface area contributed by atoms with Gasteiger partial charge < -0.3 is 5.32 Å². The molecule has 1 aromatic heterocycles. The van der Waals surface area contributed by atoms with Crippen molar-refractivity contribution >= 4 is 23.3 Å². The van der Waals surface area contributed by atoms with Crippen molar-refractivity contribution in [3.8, 4) is 0 Å². The molecular formula is C9H17N3S2. The molecule has 0 aliphatic rings. The summed E-state index contributed by atoms with van der Waals surface area (Å²) in [4.78, 5) is 4.13. The molecule has 5 heteroatoms. The molecule has 0 radical (unpaired) electrons. The Morgan fingerprint density at radius 1 is 1.64 bits per heavy atom. The molecule has 1 aromatic rings. The summed E-state index contributed by atoms with van der Waals surface area (Å²) < 4.78 is 5.05. The Labute approximate surface area is 93.9 Å². The lowest BCUT2D eigenvalue weighted by atomic mass is 10.2. The molecule has 0 aromatic carbocycles. The van der Waals surface area contributed by atoms with Gasteiger partial charge >= 0.3 is 0 Å². The molecule has 1 heterocycles. The molecule has 0 saturated heterocycles. The molecule has 0 saturated carbocycles. The fourth-order valence-corrected chi connectivity index (χ4v) is 2.51. The maximum atomic E-state index is 4.13. The van der Waals surface area contributed by atoms with E-state index in [1.807, 2.05) is 0 Å². The molecule has 0 amide bonds. The Morgan fingerprint density at radius 3 is 3.14 bits per heavy atom. The second kappa shape index (κ2) is 7.20. The Hall–Kier alpha value is -0.130. The van der Waals surface area contributed by atoms with Crippen LogP contribution in [0.2, 0.25) is 0 Å². The van der Waals surface area contributed by atoms with Crippen molar-refractivity contribution in [3.63, 3.8) is 0 Å². The van der Waals surface area contributed by atoms with Gasteiger partial charge in [0.05, 0.1) is 0 Å². The predicted octanol–water partition coefficient (Wildman–Crippen LogP) is 2.27. The van der Waals surface area contributed by atoms with Gasteiger partial charge in [0.1, 0.15) is 6.33 Å². The summed E-state index contributed by atoms with van der Waals surface area (Å²) in [5.41, 5.74) is 0. The minimum atomic E-state index is 0.690. The molecule has 0 fully saturated rings. The number of nitrogens with one attached hydrogen (secondary N) is 1. The zero-order valence-electron chi connectivity index (χ0n) is 8.69. The van der Waals surface area contributed by atoms with Gasteiger partial charge in [0.25, 0.3) is 0 Å². The van der Waals surface area contributed by atoms with E-state index in [0.717, 1.165) is 23.2 Å². The van der Waals surface area contributed by atoms with Crippen LogP contribution in [0.3, 0.4) is 0 Å². The zero-order chi connectivity index (χ0) is 10.2. The molecule has 1 unspecified atom stereocenters. The van der Waals surface area contributed by atoms with E-state index in [4.69, 9.17) is 0 Å². The molecule has 0 aliphatic heterocycles. The van der Waals surface area contributed by atoms with Crippen molar-refractivity contribution in [2.75, 3.05) is 18.8 Å². The molecular weight excluding hydrogens is 214 g/mol. The Bertz CT molecular complexity index is 226. The van der Waals surface area contributed by atoms with Crippen LogP contribution in [0.5, 0.6) is 0 Å². The standard InChI is InChI=1S/C9H17N3S2/c1-3-4-10-5-8(2)6-13-9-11-7-12-14-9/h7-8,10H,3-6H2,1-2H3. The lowest BCUT2D eigenvalue weighted by molar-refractivity contribution is 0.557. The van der Waals surface area contributed by atoms with Crippen molar-refractivity contribution in [1.29, 1.82) is 0 Å². The van der Waals surface area contributed by atoms with Crippen molar-refractivity contribution in [3.05, 3.63) is 6.33 Å². The summed E-state index contributed by atoms with van der Waals surface area (Å²) in [7, 11) is 0. The highest BCUT2D eigenvalue weighted by molar-refractivity contribution is 8.00. The summed E-state index contributed by atoms with van der Waals surface area (Å²) >= 11 is 3.27. The van der Waals surface area contributed by atoms with Crippen LogP contribution in [-0.2, 0) is 0 Å². The lowest BCUT2D eigenvalue weighted by Gasteiger charge is -2.10. The molecule has 1 rings (SSSR count). The fourth-order valence-electron chi connectivity index (χ4n) is 1.02. The molecule has 1 N–H and O–H groups in total. The first-order chi connectivity index (χ1) is 6.83. The summed E-state index contributed by atoms with van der Waals surface area (Å²) in [5.74, 6) is 1.81. The molecule has 0 spiro atoms. The van der Waals surface area contributed by atoms with E-state index in [2.05, 4.69) is 28.5 Å². The van der Waals surface area contributed by atoms with Crippen molar-refractivity contribution in [2.45, 2.75) is 24.6 Å². The van der Waals surface area contributed by atoms with Crippen LogP contribution in [0.15, 0.2) is 10.7 Å². The van der Waals surface area contributed by atoms with Gasteiger partial charge in [0.2, 0.25) is 0 Å². The normalized spacial score (nSPS) is 13.0. The van der Waals surface area contributed by atoms with E-state index in [-0.39, 0.29) is 0 Å². The number of thioether (sulfide) groups is 1. The van der Waals surface area contributed by atoms with Crippen molar-refractivity contribution in [1.82, 2.24) is 14.7 Å². The SMILES string of the molecule is CCCNCC(C)CSc1ncns1. The van der Waals surface area contributed by atoms with Gasteiger partial charge in [-0.2, -0.15) is 4.37 Å². The van der Waals surface area contributed by atoms with Crippen molar-refractivity contribution < 1.29 is 0 Å². The second-order valence-electron chi connectivity index (χ2n) is 3.33. The molecule has 1 atom stereocenters. The third-order valence-corrected chi connectivity index (χ3v) is 3.88. The quantitative estimate of drug-likeness (QED) is 0.577. The fraction of sp³-hybridized carbons (Fsp3) is 0.778. The summed E-state index contributed by atoms with van der Waals surface area (Å²) in [6.07, 6.45) is 2.82. The summed E-state index contributed by atoms with van der Waals surface area (Å²) in [6.45, 7) is 6.66. The Balaban J connectivity index is 2.06. The van der Waals surface area contributed by atoms with Crippen molar-refractivity contribution in [2.24, 2.45) is 5.92 Å². The monoisotopic (exact) mass is 231 g/mol. The first kappa shape index (κ1) is 11.9. The highest BCUT2D eigenvalue weighted by atomic mass is 32.2. The van der Waals surface area contributed by atoms with E-state index in [1.165, 1.54) is 18.0 Å². The smallest absolute Gasteiger partial charge is 0.169 e. The van der Waals surface area contributed by atoms with Crippen LogP contribution in [-0.4, -0.2) is 28.2 Å². The van der Waals surface area contributed by atoms with Crippen LogP contribution < -0.4 is 5.32 Å². The van der Waals surface area contributed by atoms with E-state index in [9.17, 15) is 0 Å². The Kier molecular flexibility index (Phi) is 6.14. The molecule has 0 bridgehead atoms. The first-order valence-corrected chi connectivity index (χ1v) is 6.69. The van der Waals surface area contributed by atoms with E-state index < -0.39 is 0 Å². The molecule has 0 aliphatic carbocycles. The van der Waals surface area contributed by atoms with Gasteiger partial charge in [-0.1, -0.05) is 25.6 Å². The maximum absolute atomic E-state index is 4.13. The van der Waals surface area contributed by atoms with Gasteiger partial charge in [-0.15, -0.1) is 0 Å². The average Bonchev–Trinajstić information content (AvgIpc) is 2.68. The van der Waals surface area contributed by atoms with Gasteiger partial charge in [-0.05, 0) is 37.0 Å². The number of hydrogen-bond donors (Lipinski definition) is 1. The largest absolute Gasteiger partial charge is 0.316 e. The third-order valence-electron chi connectivity index (χ3n) is 1.75.